The molecule has 0 radical (unpaired) electrons. The molecule has 0 spiro atoms. The number of benzene rings is 1. The van der Waals surface area contributed by atoms with Gasteiger partial charge in [-0.3, -0.25) is 0 Å². The highest BCUT2D eigenvalue weighted by atomic mass is 79.9. The highest BCUT2D eigenvalue weighted by Crippen LogP contribution is 2.19. The molecule has 1 aromatic carbocycles. The smallest absolute Gasteiger partial charge is 0.124 e. The van der Waals surface area contributed by atoms with Crippen molar-refractivity contribution in [1.82, 2.24) is 0 Å². The monoisotopic (exact) mass is 260 g/mol. The molecule has 0 heterocycles. The first kappa shape index (κ1) is 11.2. The maximum absolute atomic E-state index is 12.8. The van der Waals surface area contributed by atoms with Crippen molar-refractivity contribution < 1.29 is 13.9 Å². The van der Waals surface area contributed by atoms with Gasteiger partial charge in [-0.15, -0.1) is 0 Å². The van der Waals surface area contributed by atoms with Crippen LogP contribution in [0, 0.1) is 5.82 Å². The summed E-state index contributed by atoms with van der Waals surface area (Å²) in [6.07, 6.45) is 0.908. The topological polar surface area (TPSA) is 26.3 Å². The van der Waals surface area contributed by atoms with Crippen molar-refractivity contribution in [3.05, 3.63) is 29.6 Å². The molecule has 0 aliphatic rings. The molecule has 1 aromatic rings. The van der Waals surface area contributed by atoms with E-state index < -0.39 is 0 Å². The van der Waals surface area contributed by atoms with Gasteiger partial charge in [0.1, 0.15) is 17.9 Å². The quantitative estimate of drug-likeness (QED) is 0.600. The SMILES string of the molecule is O=CCc1cc(F)ccc1OCCBr. The lowest BCUT2D eigenvalue weighted by atomic mass is 10.1. The van der Waals surface area contributed by atoms with Gasteiger partial charge in [0.2, 0.25) is 0 Å². The molecule has 0 aromatic heterocycles. The van der Waals surface area contributed by atoms with Crippen LogP contribution in [0.5, 0.6) is 5.75 Å². The van der Waals surface area contributed by atoms with Gasteiger partial charge in [0.05, 0.1) is 6.61 Å². The molecule has 0 aliphatic carbocycles. The Morgan fingerprint density at radius 2 is 2.29 bits per heavy atom. The van der Waals surface area contributed by atoms with E-state index in [1.165, 1.54) is 18.2 Å². The summed E-state index contributed by atoms with van der Waals surface area (Å²) in [6, 6.07) is 4.17. The highest BCUT2D eigenvalue weighted by Gasteiger charge is 2.04. The van der Waals surface area contributed by atoms with E-state index in [1.807, 2.05) is 0 Å². The van der Waals surface area contributed by atoms with Crippen LogP contribution in [-0.2, 0) is 11.2 Å². The second-order valence-electron chi connectivity index (χ2n) is 2.66. The normalized spacial score (nSPS) is 9.86. The average molecular weight is 261 g/mol. The van der Waals surface area contributed by atoms with Gasteiger partial charge in [-0.1, -0.05) is 15.9 Å². The van der Waals surface area contributed by atoms with Crippen molar-refractivity contribution in [2.75, 3.05) is 11.9 Å². The fourth-order valence-electron chi connectivity index (χ4n) is 1.09. The third-order valence-corrected chi connectivity index (χ3v) is 1.98. The zero-order chi connectivity index (χ0) is 10.4. The van der Waals surface area contributed by atoms with Gasteiger partial charge >= 0.3 is 0 Å². The van der Waals surface area contributed by atoms with Crippen molar-refractivity contribution in [3.63, 3.8) is 0 Å². The van der Waals surface area contributed by atoms with Crippen molar-refractivity contribution in [2.45, 2.75) is 6.42 Å². The van der Waals surface area contributed by atoms with Gasteiger partial charge in [-0.2, -0.15) is 0 Å². The summed E-state index contributed by atoms with van der Waals surface area (Å²) in [6.45, 7) is 0.498. The van der Waals surface area contributed by atoms with Crippen LogP contribution in [0.4, 0.5) is 4.39 Å². The standard InChI is InChI=1S/C10H10BrFO2/c11-4-6-14-10-2-1-9(12)7-8(10)3-5-13/h1-2,5,7H,3-4,6H2. The summed E-state index contributed by atoms with van der Waals surface area (Å²) in [4.78, 5) is 10.3. The summed E-state index contributed by atoms with van der Waals surface area (Å²) in [5.41, 5.74) is 0.584. The minimum atomic E-state index is -0.354. The Morgan fingerprint density at radius 1 is 1.50 bits per heavy atom. The number of halogens is 2. The molecule has 0 atom stereocenters. The third kappa shape index (κ3) is 3.10. The summed E-state index contributed by atoms with van der Waals surface area (Å²) in [7, 11) is 0. The van der Waals surface area contributed by atoms with E-state index >= 15 is 0 Å². The zero-order valence-electron chi connectivity index (χ0n) is 7.50. The van der Waals surface area contributed by atoms with Crippen LogP contribution in [0.1, 0.15) is 5.56 Å². The van der Waals surface area contributed by atoms with Gasteiger partial charge in [0.25, 0.3) is 0 Å². The van der Waals surface area contributed by atoms with Crippen LogP contribution in [-0.4, -0.2) is 18.2 Å². The molecule has 0 N–H and O–H groups in total. The summed E-state index contributed by atoms with van der Waals surface area (Å²) in [5, 5.41) is 0.699. The highest BCUT2D eigenvalue weighted by molar-refractivity contribution is 9.09. The van der Waals surface area contributed by atoms with E-state index in [4.69, 9.17) is 4.74 Å². The van der Waals surface area contributed by atoms with Crippen molar-refractivity contribution >= 4 is 22.2 Å². The van der Waals surface area contributed by atoms with Gasteiger partial charge in [-0.25, -0.2) is 4.39 Å². The molecular formula is C10H10BrFO2. The summed E-state index contributed by atoms with van der Waals surface area (Å²) in [5.74, 6) is 0.214. The minimum absolute atomic E-state index is 0.176. The average Bonchev–Trinajstić information content (AvgIpc) is 2.17. The molecule has 0 saturated carbocycles. The van der Waals surface area contributed by atoms with Gasteiger partial charge in [0.15, 0.2) is 0 Å². The first-order chi connectivity index (χ1) is 6.77. The first-order valence-electron chi connectivity index (χ1n) is 4.18. The number of rotatable bonds is 5. The molecule has 0 unspecified atom stereocenters. The van der Waals surface area contributed by atoms with E-state index in [9.17, 15) is 9.18 Å². The Balaban J connectivity index is 2.83. The molecule has 14 heavy (non-hydrogen) atoms. The van der Waals surface area contributed by atoms with E-state index in [2.05, 4.69) is 15.9 Å². The Hall–Kier alpha value is -0.900. The molecule has 2 nitrogen and oxygen atoms in total. The number of carbonyl (C=O) groups is 1. The Morgan fingerprint density at radius 3 is 2.93 bits per heavy atom. The number of hydrogen-bond donors (Lipinski definition) is 0. The molecule has 76 valence electrons. The van der Waals surface area contributed by atoms with Crippen LogP contribution in [0.25, 0.3) is 0 Å². The molecule has 0 fully saturated rings. The van der Waals surface area contributed by atoms with E-state index in [-0.39, 0.29) is 12.2 Å². The maximum atomic E-state index is 12.8. The third-order valence-electron chi connectivity index (χ3n) is 1.66. The zero-order valence-corrected chi connectivity index (χ0v) is 9.09. The molecule has 4 heteroatoms. The molecule has 0 aliphatic heterocycles. The Kier molecular flexibility index (Phi) is 4.59. The molecule has 0 saturated heterocycles. The van der Waals surface area contributed by atoms with Gasteiger partial charge < -0.3 is 9.53 Å². The summed E-state index contributed by atoms with van der Waals surface area (Å²) < 4.78 is 18.1. The maximum Gasteiger partial charge on any atom is 0.124 e. The lowest BCUT2D eigenvalue weighted by Crippen LogP contribution is -2.01. The Bertz CT molecular complexity index is 315. The van der Waals surface area contributed by atoms with E-state index in [1.54, 1.807) is 0 Å². The number of ether oxygens (including phenoxy) is 1. The van der Waals surface area contributed by atoms with E-state index in [0.717, 1.165) is 6.29 Å². The van der Waals surface area contributed by atoms with Crippen LogP contribution in [0.3, 0.4) is 0 Å². The van der Waals surface area contributed by atoms with E-state index in [0.29, 0.717) is 23.2 Å². The number of alkyl halides is 1. The minimum Gasteiger partial charge on any atom is -0.492 e. The Labute approximate surface area is 90.2 Å². The first-order valence-corrected chi connectivity index (χ1v) is 5.31. The number of carbonyl (C=O) groups excluding carboxylic acids is 1. The van der Waals surface area contributed by atoms with Gasteiger partial charge in [0, 0.05) is 17.3 Å². The van der Waals surface area contributed by atoms with Crippen LogP contribution in [0.15, 0.2) is 18.2 Å². The fraction of sp³-hybridized carbons (Fsp3) is 0.300. The molecule has 0 bridgehead atoms. The molecular weight excluding hydrogens is 251 g/mol. The van der Waals surface area contributed by atoms with Crippen molar-refractivity contribution in [1.29, 1.82) is 0 Å². The van der Waals surface area contributed by atoms with Crippen LogP contribution >= 0.6 is 15.9 Å². The molecule has 1 rings (SSSR count). The number of hydrogen-bond acceptors (Lipinski definition) is 2. The lowest BCUT2D eigenvalue weighted by molar-refractivity contribution is -0.107. The van der Waals surface area contributed by atoms with Gasteiger partial charge in [-0.05, 0) is 18.2 Å². The largest absolute Gasteiger partial charge is 0.492 e. The van der Waals surface area contributed by atoms with Crippen molar-refractivity contribution in [3.8, 4) is 5.75 Å². The predicted molar refractivity (Wildman–Crippen MR) is 55.5 cm³/mol. The fourth-order valence-corrected chi connectivity index (χ4v) is 1.25. The second-order valence-corrected chi connectivity index (χ2v) is 3.45. The predicted octanol–water partition coefficient (Wildman–Crippen LogP) is 2.34. The van der Waals surface area contributed by atoms with Crippen molar-refractivity contribution in [2.24, 2.45) is 0 Å². The lowest BCUT2D eigenvalue weighted by Gasteiger charge is -2.08. The number of aldehydes is 1. The van der Waals surface area contributed by atoms with Crippen LogP contribution in [0.2, 0.25) is 0 Å². The van der Waals surface area contributed by atoms with Crippen LogP contribution < -0.4 is 4.74 Å². The second kappa shape index (κ2) is 5.75. The summed E-state index contributed by atoms with van der Waals surface area (Å²) >= 11 is 3.22. The molecule has 0 amide bonds.